The summed E-state index contributed by atoms with van der Waals surface area (Å²) in [5, 5.41) is 11.3. The molecule has 0 amide bonds. The summed E-state index contributed by atoms with van der Waals surface area (Å²) < 4.78 is 116. The zero-order valence-electron chi connectivity index (χ0n) is 32.6. The van der Waals surface area contributed by atoms with Gasteiger partial charge in [-0.3, -0.25) is 13.7 Å². The first kappa shape index (κ1) is 38.6. The number of methoxy groups -OCH3 is 1. The van der Waals surface area contributed by atoms with Gasteiger partial charge in [-0.1, -0.05) is 66.7 Å². The predicted octanol–water partition coefficient (Wildman–Crippen LogP) is 8.10. The van der Waals surface area contributed by atoms with E-state index < -0.39 is 40.1 Å². The number of benzene rings is 7. The van der Waals surface area contributed by atoms with Crippen molar-refractivity contribution >= 4 is 97.5 Å². The molecule has 11 aromatic rings. The Balaban J connectivity index is 0.849. The number of azo groups is 1. The fourth-order valence-corrected chi connectivity index (χ4v) is 10.0. The van der Waals surface area contributed by atoms with Gasteiger partial charge in [0.15, 0.2) is 0 Å². The average molecular weight is 903 g/mol. The summed E-state index contributed by atoms with van der Waals surface area (Å²) in [4.78, 5) is 2.25. The fourth-order valence-electron chi connectivity index (χ4n) is 8.12. The van der Waals surface area contributed by atoms with Gasteiger partial charge in [0.25, 0.3) is 30.4 Å². The number of hydrogen-bond donors (Lipinski definition) is 3. The number of fused-ring (bicyclic) bond motifs is 12. The molecule has 0 aliphatic heterocycles. The summed E-state index contributed by atoms with van der Waals surface area (Å²) in [5.74, 6) is 0.399. The molecule has 21 heteroatoms. The Hall–Kier alpha value is -7.27. The van der Waals surface area contributed by atoms with Gasteiger partial charge < -0.3 is 4.74 Å². The average Bonchev–Trinajstić information content (AvgIpc) is 4.10. The Morgan fingerprint density at radius 1 is 0.587 bits per heavy atom. The van der Waals surface area contributed by atoms with Crippen LogP contribution in [0.3, 0.4) is 0 Å². The Labute approximate surface area is 355 Å². The number of aromatic nitrogens is 6. The van der Waals surface area contributed by atoms with Crippen LogP contribution in [0.2, 0.25) is 0 Å². The van der Waals surface area contributed by atoms with Crippen LogP contribution in [0.4, 0.5) is 11.4 Å². The van der Waals surface area contributed by atoms with Crippen molar-refractivity contribution in [2.75, 3.05) is 7.11 Å². The monoisotopic (exact) mass is 902 g/mol. The highest BCUT2D eigenvalue weighted by Crippen LogP contribution is 2.41. The Bertz CT molecular complexity index is 4110. The normalized spacial score (nSPS) is 13.4. The molecular weight excluding hydrogens is 873 g/mol. The molecule has 3 N–H and O–H groups in total. The maximum absolute atomic E-state index is 12.6. The van der Waals surface area contributed by atoms with Crippen LogP contribution < -0.4 is 4.74 Å². The molecule has 11 rings (SSSR count). The van der Waals surface area contributed by atoms with Gasteiger partial charge in [0, 0.05) is 22.2 Å². The number of nitrogens with zero attached hydrogens (tertiary/aromatic N) is 8. The lowest BCUT2D eigenvalue weighted by atomic mass is 10.1. The molecule has 0 spiro atoms. The van der Waals surface area contributed by atoms with E-state index in [0.29, 0.717) is 56.0 Å². The van der Waals surface area contributed by atoms with Gasteiger partial charge in [0.2, 0.25) is 0 Å². The third-order valence-electron chi connectivity index (χ3n) is 11.2. The summed E-state index contributed by atoms with van der Waals surface area (Å²) in [5.41, 5.74) is 6.88. The first-order chi connectivity index (χ1) is 30.0. The van der Waals surface area contributed by atoms with Crippen molar-refractivity contribution < 1.29 is 43.6 Å². The smallest absolute Gasteiger partial charge is 0.295 e. The van der Waals surface area contributed by atoms with E-state index in [1.165, 1.54) is 25.3 Å². The SMILES string of the molecule is COc1cc(N=Nc2ccc(C=Cc3ccc(-n4n5c6ccc7ccccc7c6n45)cc3S(=O)(=O)O)cc2)c(C)cc1-n1n2c3cc(S(=O)(=O)O)c4cc(S(=O)(=O)O)ccc4c3n12. The highest BCUT2D eigenvalue weighted by molar-refractivity contribution is 7.86. The number of ether oxygens (including phenoxy) is 1. The molecule has 0 aliphatic carbocycles. The molecule has 0 aliphatic rings. The van der Waals surface area contributed by atoms with Gasteiger partial charge in [0.1, 0.15) is 43.3 Å². The van der Waals surface area contributed by atoms with Crippen LogP contribution in [0.1, 0.15) is 16.7 Å². The minimum absolute atomic E-state index is 0.0889. The van der Waals surface area contributed by atoms with Crippen molar-refractivity contribution in [1.82, 2.24) is 28.1 Å². The van der Waals surface area contributed by atoms with Gasteiger partial charge >= 0.3 is 0 Å². The quantitative estimate of drug-likeness (QED) is 0.0679. The van der Waals surface area contributed by atoms with E-state index in [1.54, 1.807) is 74.7 Å². The summed E-state index contributed by atoms with van der Waals surface area (Å²) >= 11 is 0. The molecule has 0 atom stereocenters. The second kappa shape index (κ2) is 13.1. The molecular formula is C42H30N8O10S3. The third-order valence-corrected chi connectivity index (χ3v) is 13.8. The van der Waals surface area contributed by atoms with Crippen molar-refractivity contribution in [2.45, 2.75) is 21.6 Å². The molecule has 4 heterocycles. The summed E-state index contributed by atoms with van der Waals surface area (Å²) in [6, 6.07) is 32.2. The van der Waals surface area contributed by atoms with Gasteiger partial charge in [-0.15, -0.1) is 23.3 Å². The standard InChI is InChI=1S/C42H30N8O10S3/c1-24-19-36(47-48-37-23-40(63(57,58)59)33-21-30(61(51,52)53)16-17-32(33)42(37)50(47)48)38(60-2)22-34(24)44-43-28-13-8-25(9-14-28)7-10-27-11-15-29(20-39(27)62(54,55)56)45-46-35-18-12-26-5-3-4-6-31(26)41(35)49(45)46/h3-23H,1-2H3,(H,51,52,53)(H,54,55,56)(H,57,58,59). The minimum Gasteiger partial charge on any atom is -0.494 e. The van der Waals surface area contributed by atoms with E-state index >= 15 is 0 Å². The minimum atomic E-state index is -4.80. The van der Waals surface area contributed by atoms with Crippen LogP contribution in [0.25, 0.3) is 67.1 Å². The summed E-state index contributed by atoms with van der Waals surface area (Å²) in [7, 11) is -12.6. The van der Waals surface area contributed by atoms with Gasteiger partial charge in [-0.25, -0.2) is 0 Å². The number of rotatable bonds is 10. The van der Waals surface area contributed by atoms with Gasteiger partial charge in [-0.05, 0) is 83.6 Å². The van der Waals surface area contributed by atoms with Crippen molar-refractivity contribution in [3.63, 3.8) is 0 Å². The highest BCUT2D eigenvalue weighted by atomic mass is 32.2. The van der Waals surface area contributed by atoms with Crippen LogP contribution >= 0.6 is 0 Å². The zero-order chi connectivity index (χ0) is 43.9. The largest absolute Gasteiger partial charge is 0.494 e. The van der Waals surface area contributed by atoms with Crippen LogP contribution in [0.15, 0.2) is 140 Å². The molecule has 7 aromatic carbocycles. The summed E-state index contributed by atoms with van der Waals surface area (Å²) in [6.07, 6.45) is 3.34. The first-order valence-corrected chi connectivity index (χ1v) is 23.2. The first-order valence-electron chi connectivity index (χ1n) is 18.9. The van der Waals surface area contributed by atoms with Crippen LogP contribution in [0, 0.1) is 6.92 Å². The van der Waals surface area contributed by atoms with Crippen LogP contribution in [-0.2, 0) is 30.4 Å². The van der Waals surface area contributed by atoms with Gasteiger partial charge in [0.05, 0.1) is 29.1 Å². The second-order valence-corrected chi connectivity index (χ2v) is 19.1. The molecule has 0 bridgehead atoms. The topological polar surface area (TPSA) is 225 Å². The van der Waals surface area contributed by atoms with E-state index in [1.807, 2.05) is 57.4 Å². The lowest BCUT2D eigenvalue weighted by molar-refractivity contribution is 0.412. The lowest BCUT2D eigenvalue weighted by Crippen LogP contribution is -2.04. The van der Waals surface area contributed by atoms with E-state index in [9.17, 15) is 38.9 Å². The lowest BCUT2D eigenvalue weighted by Gasteiger charge is -2.09. The van der Waals surface area contributed by atoms with Crippen LogP contribution in [0.5, 0.6) is 5.75 Å². The van der Waals surface area contributed by atoms with Crippen molar-refractivity contribution in [3.8, 4) is 17.1 Å². The van der Waals surface area contributed by atoms with Gasteiger partial charge in [-0.2, -0.15) is 40.3 Å². The Morgan fingerprint density at radius 2 is 1.30 bits per heavy atom. The van der Waals surface area contributed by atoms with E-state index in [2.05, 4.69) is 10.2 Å². The van der Waals surface area contributed by atoms with Crippen LogP contribution in [-0.4, -0.2) is 74.1 Å². The number of aryl methyl sites for hydroxylation is 1. The molecule has 0 saturated carbocycles. The third kappa shape index (κ3) is 6.04. The van der Waals surface area contributed by atoms with Crippen molar-refractivity contribution in [3.05, 3.63) is 132 Å². The maximum Gasteiger partial charge on any atom is 0.295 e. The molecule has 63 heavy (non-hydrogen) atoms. The molecule has 4 aromatic heterocycles. The molecule has 0 saturated heterocycles. The zero-order valence-corrected chi connectivity index (χ0v) is 35.1. The van der Waals surface area contributed by atoms with Crippen molar-refractivity contribution in [1.29, 1.82) is 0 Å². The molecule has 18 nitrogen and oxygen atoms in total. The van der Waals surface area contributed by atoms with E-state index in [-0.39, 0.29) is 10.3 Å². The van der Waals surface area contributed by atoms with E-state index in [4.69, 9.17) is 4.74 Å². The maximum atomic E-state index is 12.6. The summed E-state index contributed by atoms with van der Waals surface area (Å²) in [6.45, 7) is 1.83. The highest BCUT2D eigenvalue weighted by Gasteiger charge is 2.32. The second-order valence-electron chi connectivity index (χ2n) is 14.9. The molecule has 0 radical (unpaired) electrons. The Kier molecular flexibility index (Phi) is 8.05. The number of hydrogen-bond acceptors (Lipinski definition) is 9. The predicted molar refractivity (Wildman–Crippen MR) is 233 cm³/mol. The molecule has 0 unspecified atom stereocenters. The molecule has 0 fully saturated rings. The van der Waals surface area contributed by atoms with E-state index in [0.717, 1.165) is 39.5 Å². The molecule has 316 valence electrons. The fraction of sp³-hybridized carbons (Fsp3) is 0.0476. The Morgan fingerprint density at radius 3 is 2.03 bits per heavy atom. The van der Waals surface area contributed by atoms with Crippen molar-refractivity contribution in [2.24, 2.45) is 10.2 Å².